The molecule has 446 valence electrons. The molecule has 19 aromatic rings. The van der Waals surface area contributed by atoms with Crippen molar-refractivity contribution in [2.24, 2.45) is 0 Å². The molecule has 14 aromatic carbocycles. The average Bonchev–Trinajstić information content (AvgIpc) is 1.53. The summed E-state index contributed by atoms with van der Waals surface area (Å²) in [6.45, 7) is 9.71. The van der Waals surface area contributed by atoms with E-state index in [0.29, 0.717) is 87.7 Å². The number of nitrogens with zero attached hydrogens (tertiary/aromatic N) is 6. The molecule has 0 aliphatic carbocycles. The van der Waals surface area contributed by atoms with Crippen molar-refractivity contribution < 1.29 is 36.2 Å². The molecule has 0 spiro atoms. The highest BCUT2D eigenvalue weighted by Gasteiger charge is 2.32. The molecule has 0 radical (unpaired) electrons. The molecule has 0 amide bonds. The zero-order valence-electron chi connectivity index (χ0n) is 70.0. The Morgan fingerprint density at radius 1 is 0.312 bits per heavy atom. The first-order valence-electron chi connectivity index (χ1n) is 40.5. The van der Waals surface area contributed by atoms with Crippen molar-refractivity contribution in [2.45, 2.75) is 0 Å². The minimum Gasteiger partial charge on any atom is -0.455 e. The minimum atomic E-state index is -0.788. The fourth-order valence-electron chi connectivity index (χ4n) is 13.6. The van der Waals surface area contributed by atoms with Gasteiger partial charge in [-0.05, 0) is 129 Å². The molecule has 0 N–H and O–H groups in total. The van der Waals surface area contributed by atoms with Crippen LogP contribution < -0.4 is 0 Å². The van der Waals surface area contributed by atoms with Crippen molar-refractivity contribution in [3.63, 3.8) is 0 Å². The molecule has 0 bridgehead atoms. The standard InChI is InChI=1S/C88H52N6O2/c1-89-72-53-71(88-91-86(59-33-19-7-20-34-59)90-87(92-88)60-35-21-8-22-36-60)82(93-73-43-37-61(54-23-9-2-10-24-54)51-69(73)80-75(93)45-41-65-67-49-63(56-27-13-4-14-28-56)39-47-77(67)95-84(65)80)79(58-31-17-6-18-32-58)83(72)94-74-44-38-62(55-25-11-3-12-26-55)52-70(74)81-76(94)46-42-66-68-50-64(57-29-15-5-16-30-57)40-48-78(68)96-85(66)81/h2-53H/i2D,3D,7D,8D,9D,10D,11D,12D,19D,20D,21D,22D,23D,24D,25D,26D,33D,34D,35D,36D. The molecular weight excluding hydrogens is 1170 g/mol. The molecule has 0 aliphatic rings. The lowest BCUT2D eigenvalue weighted by Crippen LogP contribution is -2.08. The summed E-state index contributed by atoms with van der Waals surface area (Å²) in [5, 5.41) is 4.45. The fourth-order valence-corrected chi connectivity index (χ4v) is 13.6. The number of hydrogen-bond donors (Lipinski definition) is 0. The van der Waals surface area contributed by atoms with Crippen LogP contribution >= 0.6 is 0 Å². The van der Waals surface area contributed by atoms with E-state index in [2.05, 4.69) is 4.85 Å². The predicted molar refractivity (Wildman–Crippen MR) is 393 cm³/mol. The Bertz CT molecular complexity index is 7460. The molecule has 8 heteroatoms. The first kappa shape index (κ1) is 38.0. The van der Waals surface area contributed by atoms with Gasteiger partial charge in [0.25, 0.3) is 0 Å². The monoisotopic (exact) mass is 1240 g/mol. The van der Waals surface area contributed by atoms with Gasteiger partial charge in [0.15, 0.2) is 17.5 Å². The van der Waals surface area contributed by atoms with E-state index in [1.807, 2.05) is 143 Å². The van der Waals surface area contributed by atoms with Gasteiger partial charge >= 0.3 is 0 Å². The lowest BCUT2D eigenvalue weighted by molar-refractivity contribution is 0.672. The number of benzene rings is 14. The first-order valence-corrected chi connectivity index (χ1v) is 30.5. The number of fused-ring (bicyclic) bond motifs is 14. The van der Waals surface area contributed by atoms with Gasteiger partial charge in [-0.1, -0.05) is 236 Å². The lowest BCUT2D eigenvalue weighted by Gasteiger charge is -2.24. The predicted octanol–water partition coefficient (Wildman–Crippen LogP) is 23.8. The quantitative estimate of drug-likeness (QED) is 0.128. The van der Waals surface area contributed by atoms with Crippen molar-refractivity contribution in [2.75, 3.05) is 0 Å². The van der Waals surface area contributed by atoms with Crippen molar-refractivity contribution in [3.05, 3.63) is 326 Å². The molecule has 0 saturated carbocycles. The highest BCUT2D eigenvalue weighted by atomic mass is 16.3. The van der Waals surface area contributed by atoms with Gasteiger partial charge in [-0.15, -0.1) is 0 Å². The molecule has 8 nitrogen and oxygen atoms in total. The van der Waals surface area contributed by atoms with E-state index in [-0.39, 0.29) is 50.4 Å². The van der Waals surface area contributed by atoms with Gasteiger partial charge in [0.05, 0.1) is 78.2 Å². The molecule has 0 unspecified atom stereocenters. The van der Waals surface area contributed by atoms with E-state index in [4.69, 9.17) is 40.2 Å². The fraction of sp³-hybridized carbons (Fsp3) is 0. The Hall–Kier alpha value is -13.2. The number of hydrogen-bond acceptors (Lipinski definition) is 5. The molecule has 5 heterocycles. The Balaban J connectivity index is 1.03. The third-order valence-corrected chi connectivity index (χ3v) is 17.7. The van der Waals surface area contributed by atoms with Crippen LogP contribution in [0.5, 0.6) is 0 Å². The van der Waals surface area contributed by atoms with Crippen LogP contribution in [0, 0.1) is 6.57 Å². The van der Waals surface area contributed by atoms with Crippen molar-refractivity contribution in [3.8, 4) is 101 Å². The topological polar surface area (TPSA) is 79.2 Å². The van der Waals surface area contributed by atoms with Gasteiger partial charge in [0.1, 0.15) is 22.3 Å². The molecule has 0 atom stereocenters. The largest absolute Gasteiger partial charge is 0.455 e. The highest BCUT2D eigenvalue weighted by molar-refractivity contribution is 6.27. The third-order valence-electron chi connectivity index (χ3n) is 17.7. The SMILES string of the molecule is [2H]c1c([2H])c([2H])c(-c2ccc3c(c2)c2c4oc5ccc(-c6ccccc6)cc5c4ccc2n3-c2c([N+]#[C-])cc(-c3nc(-c4c([2H])c([2H])c([2H])c([2H])c4[2H])nc(-c4c([2H])c([2H])c([2H])c([2H])c4[2H])n3)c(-n3c4ccc(-c5c([2H])c([2H])c([2H])c([2H])c5[2H])cc4c4c5oc6ccc(-c7ccccc7)cc6c5ccc43)c2-c2ccccc2)c([2H])c1[2H]. The second-order valence-electron chi connectivity index (χ2n) is 23.0. The summed E-state index contributed by atoms with van der Waals surface area (Å²) in [7, 11) is 0. The first-order chi connectivity index (χ1) is 55.8. The van der Waals surface area contributed by atoms with Crippen molar-refractivity contribution in [1.82, 2.24) is 24.1 Å². The van der Waals surface area contributed by atoms with E-state index in [1.165, 1.54) is 6.07 Å². The maximum atomic E-state index is 9.71. The van der Waals surface area contributed by atoms with Gasteiger partial charge in [0, 0.05) is 54.6 Å². The van der Waals surface area contributed by atoms with E-state index in [0.717, 1.165) is 27.6 Å². The van der Waals surface area contributed by atoms with Gasteiger partial charge in [-0.3, -0.25) is 0 Å². The molecule has 0 aliphatic heterocycles. The Morgan fingerprint density at radius 2 is 0.688 bits per heavy atom. The van der Waals surface area contributed by atoms with E-state index in [9.17, 15) is 17.5 Å². The van der Waals surface area contributed by atoms with Crippen LogP contribution in [-0.2, 0) is 0 Å². The van der Waals surface area contributed by atoms with Crippen LogP contribution in [0.15, 0.2) is 324 Å². The Morgan fingerprint density at radius 3 is 1.14 bits per heavy atom. The Labute approximate surface area is 579 Å². The second-order valence-corrected chi connectivity index (χ2v) is 23.0. The summed E-state index contributed by atoms with van der Waals surface area (Å²) in [4.78, 5) is 19.3. The molecule has 5 aromatic heterocycles. The maximum absolute atomic E-state index is 9.71. The molecule has 96 heavy (non-hydrogen) atoms. The summed E-state index contributed by atoms with van der Waals surface area (Å²) in [5.74, 6) is -1.65. The van der Waals surface area contributed by atoms with Crippen LogP contribution in [0.25, 0.3) is 194 Å². The smallest absolute Gasteiger partial charge is 0.212 e. The van der Waals surface area contributed by atoms with E-state index < -0.39 is 149 Å². The summed E-state index contributed by atoms with van der Waals surface area (Å²) in [5.41, 5.74) is 6.60. The van der Waals surface area contributed by atoms with Crippen LogP contribution in [0.4, 0.5) is 5.69 Å². The summed E-state index contributed by atoms with van der Waals surface area (Å²) in [6.07, 6.45) is 0. The number of rotatable bonds is 10. The molecular formula is C88H52N6O2. The van der Waals surface area contributed by atoms with Crippen LogP contribution in [0.2, 0.25) is 0 Å². The zero-order chi connectivity index (χ0) is 80.8. The van der Waals surface area contributed by atoms with Gasteiger partial charge in [-0.25, -0.2) is 19.8 Å². The highest BCUT2D eigenvalue weighted by Crippen LogP contribution is 2.53. The number of aromatic nitrogens is 5. The molecule has 19 rings (SSSR count). The van der Waals surface area contributed by atoms with Gasteiger partial charge < -0.3 is 18.0 Å². The normalized spacial score (nSPS) is 14.7. The van der Waals surface area contributed by atoms with Crippen molar-refractivity contribution in [1.29, 1.82) is 0 Å². The van der Waals surface area contributed by atoms with E-state index in [1.54, 1.807) is 54.6 Å². The summed E-state index contributed by atoms with van der Waals surface area (Å²) >= 11 is 0. The van der Waals surface area contributed by atoms with Gasteiger partial charge in [0.2, 0.25) is 5.69 Å². The van der Waals surface area contributed by atoms with Crippen molar-refractivity contribution >= 4 is 93.2 Å². The number of furan rings is 2. The minimum absolute atomic E-state index is 0.0768. The van der Waals surface area contributed by atoms with Gasteiger partial charge in [-0.2, -0.15) is 0 Å². The Kier molecular flexibility index (Phi) is 8.69. The van der Waals surface area contributed by atoms with E-state index >= 15 is 0 Å². The molecule has 0 fully saturated rings. The van der Waals surface area contributed by atoms with Crippen LogP contribution in [0.1, 0.15) is 27.4 Å². The summed E-state index contributed by atoms with van der Waals surface area (Å²) in [6, 6.07) is 46.2. The van der Waals surface area contributed by atoms with Crippen LogP contribution in [-0.4, -0.2) is 24.1 Å². The third kappa shape index (κ3) is 8.72. The zero-order valence-corrected chi connectivity index (χ0v) is 50.0. The average molecular weight is 1250 g/mol. The summed E-state index contributed by atoms with van der Waals surface area (Å²) < 4.78 is 199. The maximum Gasteiger partial charge on any atom is 0.212 e. The second kappa shape index (κ2) is 22.0. The lowest BCUT2D eigenvalue weighted by atomic mass is 9.94. The van der Waals surface area contributed by atoms with Crippen LogP contribution in [0.3, 0.4) is 0 Å². The molecule has 0 saturated heterocycles.